The lowest BCUT2D eigenvalue weighted by Gasteiger charge is -2.37. The number of fused-ring (bicyclic) bond motifs is 1. The van der Waals surface area contributed by atoms with Gasteiger partial charge in [0.05, 0.1) is 6.07 Å². The summed E-state index contributed by atoms with van der Waals surface area (Å²) in [5, 5.41) is 9.35. The van der Waals surface area contributed by atoms with Crippen molar-refractivity contribution in [3.63, 3.8) is 0 Å². The Balaban J connectivity index is 2.36. The number of likely N-dealkylation sites (N-methyl/N-ethyl adjacent to an activating group) is 1. The molecular weight excluding hydrogens is 184 g/mol. The van der Waals surface area contributed by atoms with Crippen molar-refractivity contribution >= 4 is 0 Å². The summed E-state index contributed by atoms with van der Waals surface area (Å²) in [4.78, 5) is 2.06. The summed E-state index contributed by atoms with van der Waals surface area (Å²) in [6, 6.07) is 10.9. The third kappa shape index (κ3) is 1.64. The predicted molar refractivity (Wildman–Crippen MR) is 60.5 cm³/mol. The minimum absolute atomic E-state index is 0.297. The van der Waals surface area contributed by atoms with Crippen LogP contribution < -0.4 is 0 Å². The molecule has 1 aromatic rings. The molecule has 1 unspecified atom stereocenters. The molecule has 0 amide bonds. The van der Waals surface area contributed by atoms with Gasteiger partial charge in [-0.15, -0.1) is 0 Å². The maximum atomic E-state index is 9.35. The van der Waals surface area contributed by atoms with Crippen molar-refractivity contribution < 1.29 is 0 Å². The van der Waals surface area contributed by atoms with Gasteiger partial charge in [0.25, 0.3) is 0 Å². The lowest BCUT2D eigenvalue weighted by atomic mass is 9.78. The molecule has 1 atom stereocenters. The fourth-order valence-electron chi connectivity index (χ4n) is 2.30. The molecule has 1 aromatic carbocycles. The molecule has 0 radical (unpaired) electrons. The van der Waals surface area contributed by atoms with Crippen molar-refractivity contribution in [3.8, 4) is 6.07 Å². The number of aryl methyl sites for hydroxylation is 1. The second kappa shape index (κ2) is 3.67. The van der Waals surface area contributed by atoms with E-state index in [1.54, 1.807) is 0 Å². The number of nitrogens with zero attached hydrogens (tertiary/aromatic N) is 2. The molecule has 0 heterocycles. The highest BCUT2D eigenvalue weighted by Crippen LogP contribution is 2.31. The molecule has 0 saturated carbocycles. The van der Waals surface area contributed by atoms with Gasteiger partial charge in [0.1, 0.15) is 5.54 Å². The van der Waals surface area contributed by atoms with Crippen LogP contribution in [0.3, 0.4) is 0 Å². The van der Waals surface area contributed by atoms with Crippen molar-refractivity contribution in [2.24, 2.45) is 0 Å². The molecule has 0 bridgehead atoms. The SMILES string of the molecule is CN(C)C1(C#N)CCc2ccccc2C1. The van der Waals surface area contributed by atoms with E-state index in [4.69, 9.17) is 0 Å². The topological polar surface area (TPSA) is 27.0 Å². The first-order valence-electron chi connectivity index (χ1n) is 5.33. The van der Waals surface area contributed by atoms with Gasteiger partial charge in [0.2, 0.25) is 0 Å². The fourth-order valence-corrected chi connectivity index (χ4v) is 2.30. The Labute approximate surface area is 91.1 Å². The highest BCUT2D eigenvalue weighted by atomic mass is 15.1. The molecule has 0 saturated heterocycles. The molecule has 0 spiro atoms. The minimum atomic E-state index is -0.297. The molecule has 15 heavy (non-hydrogen) atoms. The molecular formula is C13H16N2. The van der Waals surface area contributed by atoms with Crippen LogP contribution in [0.4, 0.5) is 0 Å². The molecule has 78 valence electrons. The van der Waals surface area contributed by atoms with E-state index in [9.17, 15) is 5.26 Å². The number of benzene rings is 1. The summed E-state index contributed by atoms with van der Waals surface area (Å²) in [5.74, 6) is 0. The van der Waals surface area contributed by atoms with Gasteiger partial charge in [-0.25, -0.2) is 0 Å². The van der Waals surface area contributed by atoms with Gasteiger partial charge < -0.3 is 0 Å². The van der Waals surface area contributed by atoms with Crippen LogP contribution in [-0.4, -0.2) is 24.5 Å². The number of hydrogen-bond acceptors (Lipinski definition) is 2. The summed E-state index contributed by atoms with van der Waals surface area (Å²) >= 11 is 0. The Hall–Kier alpha value is -1.33. The van der Waals surface area contributed by atoms with Crippen molar-refractivity contribution in [2.45, 2.75) is 24.8 Å². The van der Waals surface area contributed by atoms with E-state index in [2.05, 4.69) is 35.2 Å². The van der Waals surface area contributed by atoms with Crippen molar-refractivity contribution in [2.75, 3.05) is 14.1 Å². The van der Waals surface area contributed by atoms with Crippen LogP contribution >= 0.6 is 0 Å². The van der Waals surface area contributed by atoms with E-state index in [1.165, 1.54) is 11.1 Å². The van der Waals surface area contributed by atoms with Crippen LogP contribution in [0.25, 0.3) is 0 Å². The lowest BCUT2D eigenvalue weighted by molar-refractivity contribution is 0.193. The third-order valence-corrected chi connectivity index (χ3v) is 3.47. The normalized spacial score (nSPS) is 24.7. The zero-order valence-corrected chi connectivity index (χ0v) is 9.33. The van der Waals surface area contributed by atoms with E-state index in [0.29, 0.717) is 0 Å². The maximum absolute atomic E-state index is 9.35. The molecule has 0 aromatic heterocycles. The molecule has 1 aliphatic carbocycles. The Kier molecular flexibility index (Phi) is 2.50. The average Bonchev–Trinajstić information content (AvgIpc) is 2.28. The van der Waals surface area contributed by atoms with Crippen molar-refractivity contribution in [3.05, 3.63) is 35.4 Å². The number of hydrogen-bond donors (Lipinski definition) is 0. The molecule has 2 heteroatoms. The predicted octanol–water partition coefficient (Wildman–Crippen LogP) is 2.00. The summed E-state index contributed by atoms with van der Waals surface area (Å²) in [6.45, 7) is 0. The second-order valence-electron chi connectivity index (χ2n) is 4.48. The third-order valence-electron chi connectivity index (χ3n) is 3.47. The average molecular weight is 200 g/mol. The van der Waals surface area contributed by atoms with Gasteiger partial charge >= 0.3 is 0 Å². The molecule has 2 nitrogen and oxygen atoms in total. The van der Waals surface area contributed by atoms with Crippen LogP contribution in [0.15, 0.2) is 24.3 Å². The largest absolute Gasteiger partial charge is 0.291 e. The van der Waals surface area contributed by atoms with Crippen LogP contribution in [0.1, 0.15) is 17.5 Å². The summed E-state index contributed by atoms with van der Waals surface area (Å²) in [5.41, 5.74) is 2.44. The van der Waals surface area contributed by atoms with Crippen LogP contribution in [0, 0.1) is 11.3 Å². The van der Waals surface area contributed by atoms with E-state index in [0.717, 1.165) is 19.3 Å². The van der Waals surface area contributed by atoms with Gasteiger partial charge in [-0.1, -0.05) is 24.3 Å². The Bertz CT molecular complexity index is 403. The van der Waals surface area contributed by atoms with Crippen LogP contribution in [0.5, 0.6) is 0 Å². The van der Waals surface area contributed by atoms with Gasteiger partial charge in [-0.3, -0.25) is 4.90 Å². The van der Waals surface area contributed by atoms with Gasteiger partial charge in [-0.05, 0) is 38.1 Å². The van der Waals surface area contributed by atoms with Gasteiger partial charge in [0.15, 0.2) is 0 Å². The standard InChI is InChI=1S/C13H16N2/c1-15(2)13(10-14)8-7-11-5-3-4-6-12(11)9-13/h3-6H,7-9H2,1-2H3. The van der Waals surface area contributed by atoms with E-state index in [-0.39, 0.29) is 5.54 Å². The molecule has 2 rings (SSSR count). The smallest absolute Gasteiger partial charge is 0.113 e. The number of rotatable bonds is 1. The van der Waals surface area contributed by atoms with Crippen molar-refractivity contribution in [1.29, 1.82) is 5.26 Å². The fraction of sp³-hybridized carbons (Fsp3) is 0.462. The molecule has 1 aliphatic rings. The Morgan fingerprint density at radius 2 is 1.93 bits per heavy atom. The highest BCUT2D eigenvalue weighted by molar-refractivity contribution is 5.34. The molecule has 0 fully saturated rings. The number of nitriles is 1. The maximum Gasteiger partial charge on any atom is 0.113 e. The zero-order valence-electron chi connectivity index (χ0n) is 9.33. The first-order valence-corrected chi connectivity index (χ1v) is 5.33. The zero-order chi connectivity index (χ0) is 10.9. The Morgan fingerprint density at radius 3 is 2.53 bits per heavy atom. The van der Waals surface area contributed by atoms with Crippen LogP contribution in [0.2, 0.25) is 0 Å². The van der Waals surface area contributed by atoms with Gasteiger partial charge in [0, 0.05) is 6.42 Å². The first-order chi connectivity index (χ1) is 7.18. The lowest BCUT2D eigenvalue weighted by Crippen LogP contribution is -2.47. The van der Waals surface area contributed by atoms with Crippen LogP contribution in [-0.2, 0) is 12.8 Å². The quantitative estimate of drug-likeness (QED) is 0.693. The van der Waals surface area contributed by atoms with E-state index < -0.39 is 0 Å². The second-order valence-corrected chi connectivity index (χ2v) is 4.48. The molecule has 0 aliphatic heterocycles. The molecule has 0 N–H and O–H groups in total. The van der Waals surface area contributed by atoms with Crippen molar-refractivity contribution in [1.82, 2.24) is 4.90 Å². The summed E-state index contributed by atoms with van der Waals surface area (Å²) < 4.78 is 0. The van der Waals surface area contributed by atoms with E-state index >= 15 is 0 Å². The monoisotopic (exact) mass is 200 g/mol. The first kappa shape index (κ1) is 10.2. The Morgan fingerprint density at radius 1 is 1.27 bits per heavy atom. The van der Waals surface area contributed by atoms with E-state index in [1.807, 2.05) is 14.1 Å². The minimum Gasteiger partial charge on any atom is -0.291 e. The van der Waals surface area contributed by atoms with Gasteiger partial charge in [-0.2, -0.15) is 5.26 Å². The summed E-state index contributed by atoms with van der Waals surface area (Å²) in [6.07, 6.45) is 2.81. The summed E-state index contributed by atoms with van der Waals surface area (Å²) in [7, 11) is 3.99. The highest BCUT2D eigenvalue weighted by Gasteiger charge is 2.36.